The van der Waals surface area contributed by atoms with E-state index < -0.39 is 0 Å². The van der Waals surface area contributed by atoms with Gasteiger partial charge in [0.05, 0.1) is 11.6 Å². The van der Waals surface area contributed by atoms with Crippen LogP contribution in [0.4, 0.5) is 0 Å². The molecule has 0 fully saturated rings. The fourth-order valence-electron chi connectivity index (χ4n) is 1.84. The van der Waals surface area contributed by atoms with Gasteiger partial charge in [0.15, 0.2) is 0 Å². The van der Waals surface area contributed by atoms with Crippen molar-refractivity contribution in [2.45, 2.75) is 19.8 Å². The lowest BCUT2D eigenvalue weighted by Crippen LogP contribution is -2.07. The number of halogens is 1. The Bertz CT molecular complexity index is 361. The van der Waals surface area contributed by atoms with Crippen LogP contribution in [0.3, 0.4) is 0 Å². The standard InChI is InChI=1S/C11H13ClO2/c1-6(2)7-5-14-9-4-3-8(12)11(13)10(7)9/h3-4,6-7,13H,5H2,1-2H3. The van der Waals surface area contributed by atoms with Gasteiger partial charge in [0.1, 0.15) is 11.5 Å². The van der Waals surface area contributed by atoms with Crippen molar-refractivity contribution in [3.8, 4) is 11.5 Å². The Balaban J connectivity index is 2.52. The van der Waals surface area contributed by atoms with Gasteiger partial charge in [0.2, 0.25) is 0 Å². The molecule has 0 bridgehead atoms. The lowest BCUT2D eigenvalue weighted by Gasteiger charge is -2.14. The third-order valence-electron chi connectivity index (χ3n) is 2.72. The zero-order valence-electron chi connectivity index (χ0n) is 8.25. The first-order valence-corrected chi connectivity index (χ1v) is 5.13. The molecule has 0 saturated heterocycles. The quantitative estimate of drug-likeness (QED) is 0.775. The molecule has 0 saturated carbocycles. The molecule has 1 N–H and O–H groups in total. The number of phenols is 1. The Morgan fingerprint density at radius 3 is 2.86 bits per heavy atom. The molecule has 2 nitrogen and oxygen atoms in total. The first-order chi connectivity index (χ1) is 6.61. The Kier molecular flexibility index (Phi) is 2.31. The summed E-state index contributed by atoms with van der Waals surface area (Å²) in [4.78, 5) is 0. The van der Waals surface area contributed by atoms with Crippen LogP contribution in [0.15, 0.2) is 12.1 Å². The second-order valence-corrected chi connectivity index (χ2v) is 4.38. The van der Waals surface area contributed by atoms with E-state index in [2.05, 4.69) is 13.8 Å². The highest BCUT2D eigenvalue weighted by atomic mass is 35.5. The molecular weight excluding hydrogens is 200 g/mol. The summed E-state index contributed by atoms with van der Waals surface area (Å²) in [5, 5.41) is 10.2. The summed E-state index contributed by atoms with van der Waals surface area (Å²) in [6, 6.07) is 3.48. The summed E-state index contributed by atoms with van der Waals surface area (Å²) in [6.45, 7) is 4.87. The molecule has 0 spiro atoms. The summed E-state index contributed by atoms with van der Waals surface area (Å²) in [6.07, 6.45) is 0. The molecule has 1 aromatic carbocycles. The van der Waals surface area contributed by atoms with E-state index in [1.165, 1.54) is 0 Å². The van der Waals surface area contributed by atoms with Crippen LogP contribution >= 0.6 is 11.6 Å². The third-order valence-corrected chi connectivity index (χ3v) is 3.03. The number of ether oxygens (including phenoxy) is 1. The molecule has 76 valence electrons. The highest BCUT2D eigenvalue weighted by Crippen LogP contribution is 2.46. The van der Waals surface area contributed by atoms with Crippen LogP contribution in [0, 0.1) is 5.92 Å². The van der Waals surface area contributed by atoms with Gasteiger partial charge in [-0.25, -0.2) is 0 Å². The number of hydrogen-bond donors (Lipinski definition) is 1. The summed E-state index contributed by atoms with van der Waals surface area (Å²) >= 11 is 5.86. The van der Waals surface area contributed by atoms with Gasteiger partial charge >= 0.3 is 0 Å². The smallest absolute Gasteiger partial charge is 0.141 e. The Labute approximate surface area is 88.5 Å². The molecule has 0 radical (unpaired) electrons. The molecule has 1 unspecified atom stereocenters. The predicted octanol–water partition coefficient (Wildman–Crippen LogP) is 3.18. The minimum atomic E-state index is 0.181. The highest BCUT2D eigenvalue weighted by molar-refractivity contribution is 6.32. The van der Waals surface area contributed by atoms with Crippen LogP contribution < -0.4 is 4.74 Å². The van der Waals surface area contributed by atoms with Crippen molar-refractivity contribution in [2.24, 2.45) is 5.92 Å². The number of aromatic hydroxyl groups is 1. The second-order valence-electron chi connectivity index (χ2n) is 3.97. The molecular formula is C11H13ClO2. The second kappa shape index (κ2) is 3.35. The summed E-state index contributed by atoms with van der Waals surface area (Å²) < 4.78 is 5.49. The molecule has 0 amide bonds. The van der Waals surface area contributed by atoms with Gasteiger partial charge in [0.25, 0.3) is 0 Å². The van der Waals surface area contributed by atoms with Crippen LogP contribution in [-0.2, 0) is 0 Å². The van der Waals surface area contributed by atoms with Crippen molar-refractivity contribution in [1.82, 2.24) is 0 Å². The molecule has 1 heterocycles. The largest absolute Gasteiger partial charge is 0.506 e. The Hall–Kier alpha value is -0.890. The van der Waals surface area contributed by atoms with Crippen molar-refractivity contribution in [2.75, 3.05) is 6.61 Å². The first-order valence-electron chi connectivity index (χ1n) is 4.75. The van der Waals surface area contributed by atoms with Crippen LogP contribution in [0.5, 0.6) is 11.5 Å². The minimum absolute atomic E-state index is 0.181. The van der Waals surface area contributed by atoms with Gasteiger partial charge in [-0.1, -0.05) is 25.4 Å². The van der Waals surface area contributed by atoms with Crippen molar-refractivity contribution < 1.29 is 9.84 Å². The Morgan fingerprint density at radius 2 is 2.21 bits per heavy atom. The van der Waals surface area contributed by atoms with E-state index in [9.17, 15) is 5.11 Å². The van der Waals surface area contributed by atoms with Gasteiger partial charge in [0, 0.05) is 11.5 Å². The van der Waals surface area contributed by atoms with Crippen LogP contribution in [0.2, 0.25) is 5.02 Å². The molecule has 3 heteroatoms. The van der Waals surface area contributed by atoms with E-state index in [-0.39, 0.29) is 11.7 Å². The molecule has 0 aliphatic carbocycles. The molecule has 1 aliphatic rings. The summed E-state index contributed by atoms with van der Waals surface area (Å²) in [5.41, 5.74) is 0.868. The number of phenolic OH excluding ortho intramolecular Hbond substituents is 1. The van der Waals surface area contributed by atoms with Gasteiger partial charge < -0.3 is 9.84 Å². The minimum Gasteiger partial charge on any atom is -0.506 e. The van der Waals surface area contributed by atoms with Crippen LogP contribution in [0.1, 0.15) is 25.3 Å². The number of rotatable bonds is 1. The first kappa shape index (κ1) is 9.66. The molecule has 2 rings (SSSR count). The van der Waals surface area contributed by atoms with E-state index in [1.807, 2.05) is 6.07 Å². The van der Waals surface area contributed by atoms with Crippen molar-refractivity contribution in [1.29, 1.82) is 0 Å². The molecule has 1 atom stereocenters. The zero-order chi connectivity index (χ0) is 10.3. The lowest BCUT2D eigenvalue weighted by molar-refractivity contribution is 0.303. The monoisotopic (exact) mass is 212 g/mol. The average Bonchev–Trinajstić information content (AvgIpc) is 2.55. The summed E-state index contributed by atoms with van der Waals surface area (Å²) in [5.74, 6) is 1.65. The van der Waals surface area contributed by atoms with Crippen molar-refractivity contribution >= 4 is 11.6 Å². The van der Waals surface area contributed by atoms with Gasteiger partial charge in [-0.2, -0.15) is 0 Å². The number of hydrogen-bond acceptors (Lipinski definition) is 2. The topological polar surface area (TPSA) is 29.5 Å². The average molecular weight is 213 g/mol. The maximum Gasteiger partial charge on any atom is 0.141 e. The summed E-state index contributed by atoms with van der Waals surface area (Å²) in [7, 11) is 0. The van der Waals surface area contributed by atoms with E-state index in [0.29, 0.717) is 17.5 Å². The third kappa shape index (κ3) is 1.34. The number of benzene rings is 1. The maximum atomic E-state index is 9.83. The normalized spacial score (nSPS) is 19.6. The molecule has 14 heavy (non-hydrogen) atoms. The van der Waals surface area contributed by atoms with Crippen molar-refractivity contribution in [3.63, 3.8) is 0 Å². The lowest BCUT2D eigenvalue weighted by atomic mass is 9.90. The van der Waals surface area contributed by atoms with Gasteiger partial charge in [-0.05, 0) is 18.1 Å². The van der Waals surface area contributed by atoms with E-state index >= 15 is 0 Å². The number of fused-ring (bicyclic) bond motifs is 1. The maximum absolute atomic E-state index is 9.83. The molecule has 0 aromatic heterocycles. The van der Waals surface area contributed by atoms with Crippen LogP contribution in [-0.4, -0.2) is 11.7 Å². The fraction of sp³-hybridized carbons (Fsp3) is 0.455. The van der Waals surface area contributed by atoms with Gasteiger partial charge in [-0.15, -0.1) is 0 Å². The predicted molar refractivity (Wildman–Crippen MR) is 56.2 cm³/mol. The fourth-order valence-corrected chi connectivity index (χ4v) is 2.00. The van der Waals surface area contributed by atoms with E-state index in [0.717, 1.165) is 11.3 Å². The Morgan fingerprint density at radius 1 is 1.50 bits per heavy atom. The van der Waals surface area contributed by atoms with E-state index in [4.69, 9.17) is 16.3 Å². The van der Waals surface area contributed by atoms with Crippen LogP contribution in [0.25, 0.3) is 0 Å². The highest BCUT2D eigenvalue weighted by Gasteiger charge is 2.30. The zero-order valence-corrected chi connectivity index (χ0v) is 9.01. The molecule has 1 aromatic rings. The SMILES string of the molecule is CC(C)C1COc2ccc(Cl)c(O)c21. The molecule has 1 aliphatic heterocycles. The van der Waals surface area contributed by atoms with Crippen molar-refractivity contribution in [3.05, 3.63) is 22.7 Å². The van der Waals surface area contributed by atoms with Gasteiger partial charge in [-0.3, -0.25) is 0 Å². The van der Waals surface area contributed by atoms with E-state index in [1.54, 1.807) is 6.07 Å².